The molecule has 0 rings (SSSR count). The van der Waals surface area contributed by atoms with Crippen LogP contribution in [0, 0.1) is 0 Å². The summed E-state index contributed by atoms with van der Waals surface area (Å²) in [6.07, 6.45) is 4.70. The molecule has 0 aromatic rings. The molecule has 0 aliphatic heterocycles. The number of rotatable bonds is 5. The van der Waals surface area contributed by atoms with Crippen LogP contribution in [-0.2, 0) is 4.74 Å². The summed E-state index contributed by atoms with van der Waals surface area (Å²) >= 11 is 0. The van der Waals surface area contributed by atoms with E-state index in [2.05, 4.69) is 6.92 Å². The predicted octanol–water partition coefficient (Wildman–Crippen LogP) is 2.01. The summed E-state index contributed by atoms with van der Waals surface area (Å²) in [5, 5.41) is 0. The molecule has 0 saturated carbocycles. The Balaban J connectivity index is 3.27. The Morgan fingerprint density at radius 2 is 2.20 bits per heavy atom. The second kappa shape index (κ2) is 6.46. The van der Waals surface area contributed by atoms with E-state index < -0.39 is 0 Å². The van der Waals surface area contributed by atoms with Gasteiger partial charge in [-0.15, -0.1) is 0 Å². The molecule has 0 aromatic carbocycles. The Kier molecular flexibility index (Phi) is 6.03. The zero-order valence-corrected chi connectivity index (χ0v) is 6.89. The molecule has 0 atom stereocenters. The van der Waals surface area contributed by atoms with Crippen LogP contribution in [0.5, 0.6) is 0 Å². The van der Waals surface area contributed by atoms with Crippen LogP contribution in [0.2, 0.25) is 0 Å². The van der Waals surface area contributed by atoms with Crippen molar-refractivity contribution in [2.75, 3.05) is 6.61 Å². The molecule has 0 aromatic heterocycles. The first-order valence-electron chi connectivity index (χ1n) is 3.88. The molecule has 2 N–H and O–H groups in total. The summed E-state index contributed by atoms with van der Waals surface area (Å²) in [7, 11) is 0. The Morgan fingerprint density at radius 1 is 1.50 bits per heavy atom. The Hall–Kier alpha value is -0.660. The fraction of sp³-hybridized carbons (Fsp3) is 0.750. The Morgan fingerprint density at radius 3 is 2.60 bits per heavy atom. The van der Waals surface area contributed by atoms with E-state index in [1.54, 1.807) is 0 Å². The van der Waals surface area contributed by atoms with Gasteiger partial charge in [0.25, 0.3) is 0 Å². The highest BCUT2D eigenvalue weighted by atomic mass is 16.5. The number of ether oxygens (including phenoxy) is 1. The number of allylic oxidation sites excluding steroid dienone is 1. The van der Waals surface area contributed by atoms with E-state index >= 15 is 0 Å². The summed E-state index contributed by atoms with van der Waals surface area (Å²) in [6.45, 7) is 4.97. The minimum atomic E-state index is 0.799. The van der Waals surface area contributed by atoms with Crippen LogP contribution < -0.4 is 5.73 Å². The first kappa shape index (κ1) is 9.34. The van der Waals surface area contributed by atoms with Crippen LogP contribution in [0.4, 0.5) is 0 Å². The molecule has 0 radical (unpaired) electrons. The molecule has 0 spiro atoms. The van der Waals surface area contributed by atoms with E-state index in [4.69, 9.17) is 10.5 Å². The van der Waals surface area contributed by atoms with Crippen molar-refractivity contribution in [3.05, 3.63) is 12.0 Å². The van der Waals surface area contributed by atoms with E-state index in [9.17, 15) is 0 Å². The zero-order chi connectivity index (χ0) is 7.82. The van der Waals surface area contributed by atoms with Crippen molar-refractivity contribution in [3.63, 3.8) is 0 Å². The molecule has 0 amide bonds. The van der Waals surface area contributed by atoms with Gasteiger partial charge in [-0.2, -0.15) is 0 Å². The van der Waals surface area contributed by atoms with E-state index in [1.807, 2.05) is 6.92 Å². The standard InChI is InChI=1S/C8H17NO/c1-3-5-6-10-8(4-2)7-9/h7H,3-6,9H2,1-2H3. The van der Waals surface area contributed by atoms with Crippen LogP contribution in [0.15, 0.2) is 12.0 Å². The molecule has 0 unspecified atom stereocenters. The molecule has 60 valence electrons. The van der Waals surface area contributed by atoms with Gasteiger partial charge < -0.3 is 10.5 Å². The van der Waals surface area contributed by atoms with E-state index in [0.29, 0.717) is 0 Å². The highest BCUT2D eigenvalue weighted by Gasteiger charge is 1.91. The summed E-state index contributed by atoms with van der Waals surface area (Å²) in [5.74, 6) is 0.897. The van der Waals surface area contributed by atoms with Gasteiger partial charge in [-0.1, -0.05) is 20.3 Å². The van der Waals surface area contributed by atoms with Gasteiger partial charge in [0.05, 0.1) is 6.61 Å². The predicted molar refractivity (Wildman–Crippen MR) is 43.4 cm³/mol. The van der Waals surface area contributed by atoms with Crippen LogP contribution in [0.1, 0.15) is 33.1 Å². The molecule has 0 bridgehead atoms. The second-order valence-electron chi connectivity index (χ2n) is 2.19. The largest absolute Gasteiger partial charge is 0.496 e. The minimum Gasteiger partial charge on any atom is -0.496 e. The van der Waals surface area contributed by atoms with Crippen molar-refractivity contribution in [1.82, 2.24) is 0 Å². The third-order valence-corrected chi connectivity index (χ3v) is 1.32. The topological polar surface area (TPSA) is 35.2 Å². The average molecular weight is 143 g/mol. The van der Waals surface area contributed by atoms with Crippen molar-refractivity contribution in [2.24, 2.45) is 5.73 Å². The molecular weight excluding hydrogens is 126 g/mol. The number of hydrogen-bond acceptors (Lipinski definition) is 2. The van der Waals surface area contributed by atoms with Crippen LogP contribution >= 0.6 is 0 Å². The molecule has 0 aliphatic carbocycles. The van der Waals surface area contributed by atoms with Gasteiger partial charge in [-0.3, -0.25) is 0 Å². The molecule has 0 heterocycles. The highest BCUT2D eigenvalue weighted by molar-refractivity contribution is 4.87. The normalized spacial score (nSPS) is 11.6. The molecule has 0 fully saturated rings. The fourth-order valence-electron chi connectivity index (χ4n) is 0.616. The fourth-order valence-corrected chi connectivity index (χ4v) is 0.616. The van der Waals surface area contributed by atoms with Crippen molar-refractivity contribution < 1.29 is 4.74 Å². The van der Waals surface area contributed by atoms with E-state index in [1.165, 1.54) is 12.6 Å². The average Bonchev–Trinajstić information content (AvgIpc) is 1.99. The van der Waals surface area contributed by atoms with Crippen molar-refractivity contribution >= 4 is 0 Å². The summed E-state index contributed by atoms with van der Waals surface area (Å²) in [6, 6.07) is 0. The van der Waals surface area contributed by atoms with Gasteiger partial charge in [0.2, 0.25) is 0 Å². The van der Waals surface area contributed by atoms with Gasteiger partial charge in [-0.25, -0.2) is 0 Å². The lowest BCUT2D eigenvalue weighted by atomic mass is 10.3. The number of hydrogen-bond donors (Lipinski definition) is 1. The monoisotopic (exact) mass is 143 g/mol. The Labute approximate surface area is 63.1 Å². The van der Waals surface area contributed by atoms with Crippen molar-refractivity contribution in [1.29, 1.82) is 0 Å². The molecule has 0 saturated heterocycles. The summed E-state index contributed by atoms with van der Waals surface area (Å²) in [4.78, 5) is 0. The molecule has 10 heavy (non-hydrogen) atoms. The van der Waals surface area contributed by atoms with E-state index in [-0.39, 0.29) is 0 Å². The third-order valence-electron chi connectivity index (χ3n) is 1.32. The second-order valence-corrected chi connectivity index (χ2v) is 2.19. The van der Waals surface area contributed by atoms with E-state index in [0.717, 1.165) is 25.2 Å². The van der Waals surface area contributed by atoms with Gasteiger partial charge in [0.1, 0.15) is 5.76 Å². The minimum absolute atomic E-state index is 0.799. The lowest BCUT2D eigenvalue weighted by Crippen LogP contribution is -1.96. The smallest absolute Gasteiger partial charge is 0.111 e. The highest BCUT2D eigenvalue weighted by Crippen LogP contribution is 2.01. The maximum atomic E-state index is 5.32. The van der Waals surface area contributed by atoms with Crippen LogP contribution in [0.25, 0.3) is 0 Å². The Bertz CT molecular complexity index is 99.4. The summed E-state index contributed by atoms with van der Waals surface area (Å²) in [5.41, 5.74) is 5.28. The van der Waals surface area contributed by atoms with Gasteiger partial charge >= 0.3 is 0 Å². The molecule has 0 aliphatic rings. The third kappa shape index (κ3) is 4.24. The molecule has 2 heteroatoms. The van der Waals surface area contributed by atoms with Crippen molar-refractivity contribution in [2.45, 2.75) is 33.1 Å². The quantitative estimate of drug-likeness (QED) is 0.472. The number of nitrogens with two attached hydrogens (primary N) is 1. The maximum Gasteiger partial charge on any atom is 0.111 e. The summed E-state index contributed by atoms with van der Waals surface area (Å²) < 4.78 is 5.32. The van der Waals surface area contributed by atoms with Crippen molar-refractivity contribution in [3.8, 4) is 0 Å². The lowest BCUT2D eigenvalue weighted by molar-refractivity contribution is 0.199. The van der Waals surface area contributed by atoms with Gasteiger partial charge in [-0.05, 0) is 6.42 Å². The molecule has 2 nitrogen and oxygen atoms in total. The van der Waals surface area contributed by atoms with Crippen LogP contribution in [-0.4, -0.2) is 6.61 Å². The van der Waals surface area contributed by atoms with Crippen LogP contribution in [0.3, 0.4) is 0 Å². The van der Waals surface area contributed by atoms with Gasteiger partial charge in [0, 0.05) is 12.6 Å². The first-order valence-corrected chi connectivity index (χ1v) is 3.88. The van der Waals surface area contributed by atoms with Gasteiger partial charge in [0.15, 0.2) is 0 Å². The lowest BCUT2D eigenvalue weighted by Gasteiger charge is -2.05. The maximum absolute atomic E-state index is 5.32. The number of unbranched alkanes of at least 4 members (excludes halogenated alkanes) is 1. The molecular formula is C8H17NO. The first-order chi connectivity index (χ1) is 4.85. The SMILES string of the molecule is CCCCOC(=CN)CC. The zero-order valence-electron chi connectivity index (χ0n) is 6.89.